The number of anilines is 1. The van der Waals surface area contributed by atoms with Crippen molar-refractivity contribution >= 4 is 32.0 Å². The molecule has 1 aromatic carbocycles. The number of rotatable bonds is 4. The van der Waals surface area contributed by atoms with Crippen LogP contribution in [0, 0.1) is 0 Å². The summed E-state index contributed by atoms with van der Waals surface area (Å²) in [6.07, 6.45) is 6.74. The lowest BCUT2D eigenvalue weighted by atomic mass is 10.1. The number of fused-ring (bicyclic) bond motifs is 1. The Morgan fingerprint density at radius 3 is 2.67 bits per heavy atom. The number of hydrogen-bond donors (Lipinski definition) is 1. The second kappa shape index (κ2) is 5.73. The summed E-state index contributed by atoms with van der Waals surface area (Å²) in [4.78, 5) is 9.41. The van der Waals surface area contributed by atoms with Crippen molar-refractivity contribution in [3.8, 4) is 11.3 Å². The van der Waals surface area contributed by atoms with Gasteiger partial charge in [-0.05, 0) is 24.3 Å². The van der Waals surface area contributed by atoms with Gasteiger partial charge < -0.3 is 0 Å². The maximum atomic E-state index is 12.3. The zero-order valence-corrected chi connectivity index (χ0v) is 14.0. The van der Waals surface area contributed by atoms with Gasteiger partial charge in [-0.3, -0.25) is 14.1 Å². The lowest BCUT2D eigenvalue weighted by molar-refractivity contribution is 0.601. The predicted octanol–water partition coefficient (Wildman–Crippen LogP) is 3.26. The van der Waals surface area contributed by atoms with Gasteiger partial charge in [0.15, 0.2) is 4.96 Å². The molecule has 0 radical (unpaired) electrons. The molecule has 4 rings (SSSR count). The van der Waals surface area contributed by atoms with Crippen LogP contribution in [0.3, 0.4) is 0 Å². The third-order valence-electron chi connectivity index (χ3n) is 3.47. The Morgan fingerprint density at radius 1 is 1.12 bits per heavy atom. The van der Waals surface area contributed by atoms with Crippen LogP contribution in [0.2, 0.25) is 0 Å². The molecule has 0 saturated carbocycles. The lowest BCUT2D eigenvalue weighted by Crippen LogP contribution is -2.12. The third-order valence-corrected chi connectivity index (χ3v) is 5.61. The average molecular weight is 356 g/mol. The van der Waals surface area contributed by atoms with Crippen molar-refractivity contribution in [1.82, 2.24) is 14.4 Å². The highest BCUT2D eigenvalue weighted by atomic mass is 32.2. The third kappa shape index (κ3) is 2.77. The highest BCUT2D eigenvalue weighted by Crippen LogP contribution is 2.24. The number of nitrogens with one attached hydrogen (secondary N) is 1. The summed E-state index contributed by atoms with van der Waals surface area (Å²) >= 11 is 1.57. The fraction of sp³-hybridized carbons (Fsp3) is 0. The van der Waals surface area contributed by atoms with Crippen molar-refractivity contribution in [2.24, 2.45) is 0 Å². The molecule has 0 aliphatic rings. The minimum absolute atomic E-state index is 0.128. The van der Waals surface area contributed by atoms with Gasteiger partial charge in [0.25, 0.3) is 10.0 Å². The molecule has 0 saturated heterocycles. The van der Waals surface area contributed by atoms with Crippen LogP contribution in [0.5, 0.6) is 0 Å². The van der Waals surface area contributed by atoms with Gasteiger partial charge in [0.1, 0.15) is 4.90 Å². The van der Waals surface area contributed by atoms with E-state index in [-0.39, 0.29) is 4.90 Å². The molecule has 0 bridgehead atoms. The standard InChI is InChI=1S/C16H12N4O2S2/c21-24(22,14-2-1-7-17-10-14)19-13-5-3-12(4-6-13)15-11-20-8-9-23-16(20)18-15/h1-11,19H. The summed E-state index contributed by atoms with van der Waals surface area (Å²) in [5, 5.41) is 1.97. The van der Waals surface area contributed by atoms with Crippen LogP contribution < -0.4 is 4.72 Å². The highest BCUT2D eigenvalue weighted by molar-refractivity contribution is 7.92. The fourth-order valence-electron chi connectivity index (χ4n) is 2.30. The molecule has 24 heavy (non-hydrogen) atoms. The largest absolute Gasteiger partial charge is 0.297 e. The average Bonchev–Trinajstić information content (AvgIpc) is 3.18. The number of pyridine rings is 1. The van der Waals surface area contributed by atoms with Gasteiger partial charge in [-0.2, -0.15) is 0 Å². The van der Waals surface area contributed by atoms with Crippen LogP contribution in [0.25, 0.3) is 16.2 Å². The number of hydrogen-bond acceptors (Lipinski definition) is 5. The van der Waals surface area contributed by atoms with Crippen LogP contribution >= 0.6 is 11.3 Å². The molecular weight excluding hydrogens is 344 g/mol. The SMILES string of the molecule is O=S(=O)(Nc1ccc(-c2cn3ccsc3n2)cc1)c1cccnc1. The highest BCUT2D eigenvalue weighted by Gasteiger charge is 2.14. The normalized spacial score (nSPS) is 11.7. The van der Waals surface area contributed by atoms with E-state index in [1.165, 1.54) is 18.5 Å². The zero-order chi connectivity index (χ0) is 16.6. The summed E-state index contributed by atoms with van der Waals surface area (Å²) in [7, 11) is -3.63. The summed E-state index contributed by atoms with van der Waals surface area (Å²) in [5.74, 6) is 0. The first-order valence-corrected chi connectivity index (χ1v) is 9.44. The van der Waals surface area contributed by atoms with Gasteiger partial charge in [-0.25, -0.2) is 13.4 Å². The topological polar surface area (TPSA) is 76.4 Å². The molecule has 8 heteroatoms. The molecule has 0 amide bonds. The van der Waals surface area contributed by atoms with Crippen LogP contribution in [-0.2, 0) is 10.0 Å². The summed E-state index contributed by atoms with van der Waals surface area (Å²) in [6.45, 7) is 0. The smallest absolute Gasteiger partial charge is 0.263 e. The fourth-order valence-corrected chi connectivity index (χ4v) is 4.02. The van der Waals surface area contributed by atoms with Gasteiger partial charge in [-0.15, -0.1) is 11.3 Å². The van der Waals surface area contributed by atoms with Crippen LogP contribution in [0.4, 0.5) is 5.69 Å². The number of imidazole rings is 1. The number of sulfonamides is 1. The van der Waals surface area contributed by atoms with Gasteiger partial charge in [-0.1, -0.05) is 12.1 Å². The Hall–Kier alpha value is -2.71. The second-order valence-electron chi connectivity index (χ2n) is 5.09. The van der Waals surface area contributed by atoms with Crippen molar-refractivity contribution in [1.29, 1.82) is 0 Å². The minimum atomic E-state index is -3.63. The molecule has 120 valence electrons. The van der Waals surface area contributed by atoms with Gasteiger partial charge >= 0.3 is 0 Å². The molecule has 4 aromatic rings. The molecule has 6 nitrogen and oxygen atoms in total. The maximum absolute atomic E-state index is 12.3. The van der Waals surface area contributed by atoms with E-state index in [4.69, 9.17) is 0 Å². The Balaban J connectivity index is 1.59. The number of aromatic nitrogens is 3. The van der Waals surface area contributed by atoms with E-state index in [0.717, 1.165) is 16.2 Å². The summed E-state index contributed by atoms with van der Waals surface area (Å²) < 4.78 is 29.0. The zero-order valence-electron chi connectivity index (χ0n) is 12.3. The lowest BCUT2D eigenvalue weighted by Gasteiger charge is -2.08. The second-order valence-corrected chi connectivity index (χ2v) is 7.65. The van der Waals surface area contributed by atoms with E-state index in [1.807, 2.05) is 34.3 Å². The van der Waals surface area contributed by atoms with Gasteiger partial charge in [0.2, 0.25) is 0 Å². The summed E-state index contributed by atoms with van der Waals surface area (Å²) in [6, 6.07) is 10.2. The molecule has 0 aliphatic heterocycles. The van der Waals surface area contributed by atoms with Crippen LogP contribution in [-0.4, -0.2) is 22.8 Å². The molecular formula is C16H12N4O2S2. The number of benzene rings is 1. The number of nitrogens with zero attached hydrogens (tertiary/aromatic N) is 3. The molecule has 0 aliphatic carbocycles. The van der Waals surface area contributed by atoms with E-state index >= 15 is 0 Å². The minimum Gasteiger partial charge on any atom is -0.297 e. The van der Waals surface area contributed by atoms with Crippen molar-refractivity contribution < 1.29 is 8.42 Å². The van der Waals surface area contributed by atoms with Crippen molar-refractivity contribution in [2.45, 2.75) is 4.90 Å². The molecule has 3 aromatic heterocycles. The first-order chi connectivity index (χ1) is 11.6. The summed E-state index contributed by atoms with van der Waals surface area (Å²) in [5.41, 5.74) is 2.27. The predicted molar refractivity (Wildman–Crippen MR) is 93.6 cm³/mol. The first kappa shape index (κ1) is 14.9. The Bertz CT molecular complexity index is 1060. The molecule has 1 N–H and O–H groups in total. The number of thiazole rings is 1. The Morgan fingerprint density at radius 2 is 1.96 bits per heavy atom. The van der Waals surface area contributed by atoms with E-state index in [9.17, 15) is 8.42 Å². The van der Waals surface area contributed by atoms with Crippen LogP contribution in [0.15, 0.2) is 71.5 Å². The first-order valence-electron chi connectivity index (χ1n) is 7.07. The Labute approximate surface area is 142 Å². The van der Waals surface area contributed by atoms with Crippen molar-refractivity contribution in [3.05, 3.63) is 66.6 Å². The quantitative estimate of drug-likeness (QED) is 0.609. The molecule has 0 unspecified atom stereocenters. The molecule has 3 heterocycles. The van der Waals surface area contributed by atoms with Crippen LogP contribution in [0.1, 0.15) is 0 Å². The maximum Gasteiger partial charge on any atom is 0.263 e. The molecule has 0 spiro atoms. The van der Waals surface area contributed by atoms with E-state index in [1.54, 1.807) is 29.5 Å². The van der Waals surface area contributed by atoms with Crippen molar-refractivity contribution in [3.63, 3.8) is 0 Å². The van der Waals surface area contributed by atoms with Gasteiger partial charge in [0, 0.05) is 41.4 Å². The Kier molecular flexibility index (Phi) is 3.55. The van der Waals surface area contributed by atoms with E-state index in [0.29, 0.717) is 5.69 Å². The van der Waals surface area contributed by atoms with Gasteiger partial charge in [0.05, 0.1) is 5.69 Å². The van der Waals surface area contributed by atoms with E-state index in [2.05, 4.69) is 14.7 Å². The van der Waals surface area contributed by atoms with Crippen molar-refractivity contribution in [2.75, 3.05) is 4.72 Å². The van der Waals surface area contributed by atoms with E-state index < -0.39 is 10.0 Å². The molecule has 0 fully saturated rings. The molecule has 0 atom stereocenters. The monoisotopic (exact) mass is 356 g/mol.